The van der Waals surface area contributed by atoms with Gasteiger partial charge in [-0.2, -0.15) is 0 Å². The van der Waals surface area contributed by atoms with E-state index in [1.807, 2.05) is 24.3 Å². The van der Waals surface area contributed by atoms with E-state index in [1.165, 1.54) is 24.3 Å². The zero-order valence-corrected chi connectivity index (χ0v) is 20.2. The summed E-state index contributed by atoms with van der Waals surface area (Å²) >= 11 is 0. The summed E-state index contributed by atoms with van der Waals surface area (Å²) in [4.78, 5) is 18.2. The second-order valence-electron chi connectivity index (χ2n) is 9.51. The molecule has 0 atom stereocenters. The summed E-state index contributed by atoms with van der Waals surface area (Å²) in [5, 5.41) is 8.47. The van der Waals surface area contributed by atoms with Crippen molar-refractivity contribution >= 4 is 39.4 Å². The number of fused-ring (bicyclic) bond motifs is 2. The van der Waals surface area contributed by atoms with Gasteiger partial charge in [-0.15, -0.1) is 0 Å². The van der Waals surface area contributed by atoms with Crippen LogP contribution in [0.1, 0.15) is 15.9 Å². The van der Waals surface area contributed by atoms with Gasteiger partial charge in [0, 0.05) is 48.7 Å². The summed E-state index contributed by atoms with van der Waals surface area (Å²) in [6.07, 6.45) is 0. The number of nitrogens with one attached hydrogen (secondary N) is 1. The summed E-state index contributed by atoms with van der Waals surface area (Å²) in [7, 11) is 0. The Labute approximate surface area is 217 Å². The van der Waals surface area contributed by atoms with Crippen molar-refractivity contribution in [3.8, 4) is 11.3 Å². The Morgan fingerprint density at radius 1 is 0.789 bits per heavy atom. The van der Waals surface area contributed by atoms with E-state index in [4.69, 9.17) is 4.52 Å². The highest BCUT2D eigenvalue weighted by molar-refractivity contribution is 6.28. The summed E-state index contributed by atoms with van der Waals surface area (Å²) in [5.74, 6) is -0.133. The van der Waals surface area contributed by atoms with E-state index < -0.39 is 0 Å². The summed E-state index contributed by atoms with van der Waals surface area (Å²) in [6.45, 7) is 2.88. The molecule has 1 saturated heterocycles. The molecule has 7 rings (SSSR count). The third kappa shape index (κ3) is 3.60. The first-order valence-corrected chi connectivity index (χ1v) is 12.5. The predicted octanol–water partition coefficient (Wildman–Crippen LogP) is 6.39. The summed E-state index contributed by atoms with van der Waals surface area (Å²) in [5.41, 5.74) is 5.52. The van der Waals surface area contributed by atoms with Crippen LogP contribution in [0.4, 0.5) is 31.5 Å². The molecule has 1 aliphatic carbocycles. The van der Waals surface area contributed by atoms with Gasteiger partial charge in [-0.05, 0) is 54.6 Å². The average Bonchev–Trinajstić information content (AvgIpc) is 3.39. The maximum atomic E-state index is 13.8. The number of hydrogen-bond acceptors (Lipinski definition) is 6. The Bertz CT molecular complexity index is 1690. The molecule has 1 fully saturated rings. The first-order chi connectivity index (χ1) is 18.6. The molecule has 188 valence electrons. The highest BCUT2D eigenvalue weighted by atomic mass is 19.1. The Morgan fingerprint density at radius 2 is 1.42 bits per heavy atom. The minimum absolute atomic E-state index is 0.112. The number of nitrogens with zero attached hydrogens (tertiary/aromatic N) is 3. The van der Waals surface area contributed by atoms with E-state index in [9.17, 15) is 13.6 Å². The Kier molecular flexibility index (Phi) is 5.14. The van der Waals surface area contributed by atoms with Crippen LogP contribution in [0.25, 0.3) is 22.2 Å². The molecule has 1 aromatic heterocycles. The summed E-state index contributed by atoms with van der Waals surface area (Å²) in [6, 6.07) is 21.9. The Balaban J connectivity index is 1.32. The van der Waals surface area contributed by atoms with Crippen molar-refractivity contribution < 1.29 is 18.1 Å². The molecule has 0 unspecified atom stereocenters. The molecule has 4 aromatic carbocycles. The highest BCUT2D eigenvalue weighted by Crippen LogP contribution is 2.46. The lowest BCUT2D eigenvalue weighted by Gasteiger charge is -2.37. The molecule has 0 radical (unpaired) electrons. The lowest BCUT2D eigenvalue weighted by Crippen LogP contribution is -2.46. The molecular formula is C30H22F2N4O2. The van der Waals surface area contributed by atoms with E-state index in [1.54, 1.807) is 30.3 Å². The van der Waals surface area contributed by atoms with Gasteiger partial charge >= 0.3 is 0 Å². The van der Waals surface area contributed by atoms with Gasteiger partial charge in [0.1, 0.15) is 17.2 Å². The summed E-state index contributed by atoms with van der Waals surface area (Å²) < 4.78 is 32.8. The fraction of sp³-hybridized carbons (Fsp3) is 0.133. The predicted molar refractivity (Wildman–Crippen MR) is 143 cm³/mol. The van der Waals surface area contributed by atoms with Crippen LogP contribution in [0.3, 0.4) is 0 Å². The zero-order chi connectivity index (χ0) is 25.8. The van der Waals surface area contributed by atoms with Crippen LogP contribution < -0.4 is 15.1 Å². The first-order valence-electron chi connectivity index (χ1n) is 12.5. The zero-order valence-electron chi connectivity index (χ0n) is 20.2. The molecule has 38 heavy (non-hydrogen) atoms. The van der Waals surface area contributed by atoms with Crippen LogP contribution in [0.5, 0.6) is 0 Å². The smallest absolute Gasteiger partial charge is 0.196 e. The minimum atomic E-state index is -0.335. The van der Waals surface area contributed by atoms with Gasteiger partial charge in [-0.1, -0.05) is 29.4 Å². The molecule has 0 bridgehead atoms. The second-order valence-corrected chi connectivity index (χ2v) is 9.51. The number of carbonyl (C=O) groups is 1. The number of halogens is 2. The lowest BCUT2D eigenvalue weighted by molar-refractivity contribution is 0.104. The first kappa shape index (κ1) is 22.5. The van der Waals surface area contributed by atoms with Crippen LogP contribution in [0.2, 0.25) is 0 Å². The Morgan fingerprint density at radius 3 is 2.13 bits per heavy atom. The third-order valence-electron chi connectivity index (χ3n) is 7.31. The molecule has 8 heteroatoms. The normalized spacial score (nSPS) is 14.6. The molecule has 1 N–H and O–H groups in total. The van der Waals surface area contributed by atoms with E-state index in [2.05, 4.69) is 20.3 Å². The molecule has 2 heterocycles. The van der Waals surface area contributed by atoms with E-state index in [-0.39, 0.29) is 17.4 Å². The van der Waals surface area contributed by atoms with Gasteiger partial charge in [0.25, 0.3) is 0 Å². The van der Waals surface area contributed by atoms with Crippen LogP contribution in [-0.4, -0.2) is 37.1 Å². The monoisotopic (exact) mass is 508 g/mol. The fourth-order valence-corrected chi connectivity index (χ4v) is 5.43. The largest absolute Gasteiger partial charge is 0.368 e. The molecule has 0 spiro atoms. The number of aromatic nitrogens is 1. The average molecular weight is 509 g/mol. The van der Waals surface area contributed by atoms with Crippen molar-refractivity contribution in [3.05, 3.63) is 102 Å². The number of piperazine rings is 1. The van der Waals surface area contributed by atoms with Gasteiger partial charge in [0.15, 0.2) is 11.5 Å². The topological polar surface area (TPSA) is 61.6 Å². The maximum Gasteiger partial charge on any atom is 0.196 e. The molecule has 2 aliphatic rings. The molecular weight excluding hydrogens is 486 g/mol. The van der Waals surface area contributed by atoms with Gasteiger partial charge in [-0.25, -0.2) is 8.78 Å². The number of anilines is 4. The SMILES string of the molecule is O=C1c2ccccc2-c2onc3c(N4CCN(c5ccc(F)cc5)CC4)cc(Nc4ccc(F)cc4)c1c23. The molecule has 5 aromatic rings. The number of benzene rings is 4. The maximum absolute atomic E-state index is 13.8. The van der Waals surface area contributed by atoms with Gasteiger partial charge in [-0.3, -0.25) is 4.79 Å². The van der Waals surface area contributed by atoms with Crippen molar-refractivity contribution in [3.63, 3.8) is 0 Å². The van der Waals surface area contributed by atoms with Gasteiger partial charge in [0.2, 0.25) is 0 Å². The highest BCUT2D eigenvalue weighted by Gasteiger charge is 2.34. The second kappa shape index (κ2) is 8.69. The van der Waals surface area contributed by atoms with Crippen LogP contribution in [-0.2, 0) is 0 Å². The van der Waals surface area contributed by atoms with Gasteiger partial charge < -0.3 is 19.6 Å². The molecule has 1 aliphatic heterocycles. The molecule has 6 nitrogen and oxygen atoms in total. The van der Waals surface area contributed by atoms with E-state index in [0.29, 0.717) is 52.3 Å². The van der Waals surface area contributed by atoms with Gasteiger partial charge in [0.05, 0.1) is 22.3 Å². The van der Waals surface area contributed by atoms with Crippen molar-refractivity contribution in [2.75, 3.05) is 41.3 Å². The number of hydrogen-bond donors (Lipinski definition) is 1. The van der Waals surface area contributed by atoms with Crippen molar-refractivity contribution in [1.29, 1.82) is 0 Å². The van der Waals surface area contributed by atoms with E-state index in [0.717, 1.165) is 30.0 Å². The van der Waals surface area contributed by atoms with Crippen molar-refractivity contribution in [2.45, 2.75) is 0 Å². The van der Waals surface area contributed by atoms with Crippen LogP contribution >= 0.6 is 0 Å². The standard InChI is InChI=1S/C30H22F2N4O2/c31-18-5-9-20(10-6-18)33-24-17-25(36-15-13-35(14-16-36)21-11-7-19(32)8-12-21)28-27-26(24)29(37)22-3-1-2-4-23(22)30(27)38-34-28/h1-12,17,33H,13-16H2. The van der Waals surface area contributed by atoms with Crippen molar-refractivity contribution in [1.82, 2.24) is 5.16 Å². The fourth-order valence-electron chi connectivity index (χ4n) is 5.43. The molecule has 0 saturated carbocycles. The number of rotatable bonds is 4. The minimum Gasteiger partial charge on any atom is -0.368 e. The number of carbonyl (C=O) groups excluding carboxylic acids is 1. The van der Waals surface area contributed by atoms with E-state index >= 15 is 0 Å². The number of ketones is 1. The van der Waals surface area contributed by atoms with Crippen LogP contribution in [0.15, 0.2) is 83.4 Å². The quantitative estimate of drug-likeness (QED) is 0.298. The molecule has 0 amide bonds. The Hall–Kier alpha value is -4.72. The van der Waals surface area contributed by atoms with Crippen molar-refractivity contribution in [2.24, 2.45) is 0 Å². The lowest BCUT2D eigenvalue weighted by atomic mass is 9.86. The third-order valence-corrected chi connectivity index (χ3v) is 7.31. The van der Waals surface area contributed by atoms with Crippen LogP contribution in [0, 0.1) is 11.6 Å².